The van der Waals surface area contributed by atoms with Gasteiger partial charge >= 0.3 is 0 Å². The van der Waals surface area contributed by atoms with Gasteiger partial charge in [0, 0.05) is 12.4 Å². The SMILES string of the molecule is N/C(=N\N1CCOCC1)c1cnccn1. The van der Waals surface area contributed by atoms with Gasteiger partial charge in [0.25, 0.3) is 0 Å². The molecule has 1 aliphatic rings. The van der Waals surface area contributed by atoms with Crippen molar-refractivity contribution in [2.24, 2.45) is 10.8 Å². The highest BCUT2D eigenvalue weighted by Crippen LogP contribution is 1.99. The van der Waals surface area contributed by atoms with Crippen LogP contribution in [-0.4, -0.2) is 47.1 Å². The van der Waals surface area contributed by atoms with E-state index >= 15 is 0 Å². The number of nitrogens with zero attached hydrogens (tertiary/aromatic N) is 4. The lowest BCUT2D eigenvalue weighted by molar-refractivity contribution is 0.0393. The largest absolute Gasteiger partial charge is 0.380 e. The Bertz CT molecular complexity index is 334. The van der Waals surface area contributed by atoms with Crippen molar-refractivity contribution >= 4 is 5.84 Å². The van der Waals surface area contributed by atoms with Crippen molar-refractivity contribution < 1.29 is 4.74 Å². The predicted octanol–water partition coefficient (Wildman–Crippen LogP) is -0.571. The van der Waals surface area contributed by atoms with Gasteiger partial charge in [-0.15, -0.1) is 0 Å². The number of hydrogen-bond acceptors (Lipinski definition) is 5. The summed E-state index contributed by atoms with van der Waals surface area (Å²) in [7, 11) is 0. The molecule has 1 aliphatic heterocycles. The molecule has 0 atom stereocenters. The van der Waals surface area contributed by atoms with Crippen LogP contribution in [0.4, 0.5) is 0 Å². The molecular weight excluding hydrogens is 194 g/mol. The van der Waals surface area contributed by atoms with Crippen molar-refractivity contribution in [3.8, 4) is 0 Å². The van der Waals surface area contributed by atoms with E-state index in [1.807, 2.05) is 5.01 Å². The van der Waals surface area contributed by atoms with Crippen molar-refractivity contribution in [3.05, 3.63) is 24.3 Å². The van der Waals surface area contributed by atoms with Gasteiger partial charge in [0.05, 0.1) is 32.5 Å². The maximum absolute atomic E-state index is 5.79. The Morgan fingerprint density at radius 2 is 2.20 bits per heavy atom. The standard InChI is InChI=1S/C9H13N5O/c10-9(8-7-11-1-2-12-8)13-14-3-5-15-6-4-14/h1-2,7H,3-6H2,(H2,10,13). The fourth-order valence-corrected chi connectivity index (χ4v) is 1.29. The van der Waals surface area contributed by atoms with Gasteiger partial charge < -0.3 is 10.5 Å². The van der Waals surface area contributed by atoms with Gasteiger partial charge in [-0.1, -0.05) is 0 Å². The van der Waals surface area contributed by atoms with E-state index in [2.05, 4.69) is 15.1 Å². The van der Waals surface area contributed by atoms with Crippen LogP contribution in [0.1, 0.15) is 5.69 Å². The number of aromatic nitrogens is 2. The van der Waals surface area contributed by atoms with Crippen LogP contribution >= 0.6 is 0 Å². The lowest BCUT2D eigenvalue weighted by atomic mass is 10.4. The minimum Gasteiger partial charge on any atom is -0.380 e. The summed E-state index contributed by atoms with van der Waals surface area (Å²) in [4.78, 5) is 8.00. The van der Waals surface area contributed by atoms with Crippen LogP contribution in [0.25, 0.3) is 0 Å². The molecule has 15 heavy (non-hydrogen) atoms. The van der Waals surface area contributed by atoms with Crippen molar-refractivity contribution in [1.29, 1.82) is 0 Å². The molecule has 0 unspecified atom stereocenters. The van der Waals surface area contributed by atoms with Gasteiger partial charge in [-0.3, -0.25) is 9.99 Å². The maximum atomic E-state index is 5.79. The molecule has 0 aromatic carbocycles. The van der Waals surface area contributed by atoms with Gasteiger partial charge in [0.15, 0.2) is 5.84 Å². The molecule has 0 radical (unpaired) electrons. The van der Waals surface area contributed by atoms with Crippen molar-refractivity contribution in [2.75, 3.05) is 26.3 Å². The molecule has 6 nitrogen and oxygen atoms in total. The Labute approximate surface area is 87.8 Å². The van der Waals surface area contributed by atoms with Crippen molar-refractivity contribution in [3.63, 3.8) is 0 Å². The Balaban J connectivity index is 2.06. The summed E-state index contributed by atoms with van der Waals surface area (Å²) in [6.45, 7) is 2.91. The molecule has 6 heteroatoms. The molecule has 0 saturated carbocycles. The zero-order valence-corrected chi connectivity index (χ0v) is 8.33. The van der Waals surface area contributed by atoms with E-state index in [-0.39, 0.29) is 0 Å². The third-order valence-electron chi connectivity index (χ3n) is 2.06. The zero-order valence-electron chi connectivity index (χ0n) is 8.33. The van der Waals surface area contributed by atoms with E-state index in [9.17, 15) is 0 Å². The average Bonchev–Trinajstić information content (AvgIpc) is 2.31. The van der Waals surface area contributed by atoms with Gasteiger partial charge in [-0.05, 0) is 0 Å². The highest BCUT2D eigenvalue weighted by atomic mass is 16.5. The molecule has 0 bridgehead atoms. The molecule has 1 aromatic rings. The monoisotopic (exact) mass is 207 g/mol. The maximum Gasteiger partial charge on any atom is 0.171 e. The lowest BCUT2D eigenvalue weighted by Gasteiger charge is -2.24. The summed E-state index contributed by atoms with van der Waals surface area (Å²) >= 11 is 0. The topological polar surface area (TPSA) is 76.6 Å². The molecule has 0 spiro atoms. The van der Waals surface area contributed by atoms with Gasteiger partial charge in [0.2, 0.25) is 0 Å². The van der Waals surface area contributed by atoms with E-state index in [1.54, 1.807) is 18.6 Å². The second kappa shape index (κ2) is 4.70. The van der Waals surface area contributed by atoms with Gasteiger partial charge in [0.1, 0.15) is 5.69 Å². The first-order chi connectivity index (χ1) is 7.36. The molecule has 2 rings (SSSR count). The molecule has 2 heterocycles. The quantitative estimate of drug-likeness (QED) is 0.519. The number of ether oxygens (including phenoxy) is 1. The van der Waals surface area contributed by atoms with Gasteiger partial charge in [-0.25, -0.2) is 4.98 Å². The minimum absolute atomic E-state index is 0.394. The smallest absolute Gasteiger partial charge is 0.171 e. The first-order valence-electron chi connectivity index (χ1n) is 4.79. The van der Waals surface area contributed by atoms with Crippen LogP contribution in [0.3, 0.4) is 0 Å². The molecule has 2 N–H and O–H groups in total. The second-order valence-corrected chi connectivity index (χ2v) is 3.14. The molecule has 1 saturated heterocycles. The molecule has 0 amide bonds. The highest BCUT2D eigenvalue weighted by molar-refractivity contribution is 5.95. The lowest BCUT2D eigenvalue weighted by Crippen LogP contribution is -2.34. The average molecular weight is 207 g/mol. The van der Waals surface area contributed by atoms with Crippen LogP contribution in [0.2, 0.25) is 0 Å². The van der Waals surface area contributed by atoms with E-state index in [4.69, 9.17) is 10.5 Å². The second-order valence-electron chi connectivity index (χ2n) is 3.14. The number of rotatable bonds is 2. The fraction of sp³-hybridized carbons (Fsp3) is 0.444. The highest BCUT2D eigenvalue weighted by Gasteiger charge is 2.09. The first-order valence-corrected chi connectivity index (χ1v) is 4.79. The van der Waals surface area contributed by atoms with Crippen LogP contribution in [-0.2, 0) is 4.74 Å². The zero-order chi connectivity index (χ0) is 10.5. The fourth-order valence-electron chi connectivity index (χ4n) is 1.29. The van der Waals surface area contributed by atoms with Crippen LogP contribution in [0, 0.1) is 0 Å². The number of nitrogens with two attached hydrogens (primary N) is 1. The van der Waals surface area contributed by atoms with Crippen LogP contribution < -0.4 is 5.73 Å². The van der Waals surface area contributed by atoms with Crippen LogP contribution in [0.15, 0.2) is 23.7 Å². The summed E-state index contributed by atoms with van der Waals surface area (Å²) in [5.41, 5.74) is 6.39. The van der Waals surface area contributed by atoms with E-state index in [0.29, 0.717) is 24.7 Å². The summed E-state index contributed by atoms with van der Waals surface area (Å²) < 4.78 is 5.21. The number of hydrogen-bond donors (Lipinski definition) is 1. The molecular formula is C9H13N5O. The van der Waals surface area contributed by atoms with Gasteiger partial charge in [-0.2, -0.15) is 5.10 Å². The molecule has 80 valence electrons. The summed E-state index contributed by atoms with van der Waals surface area (Å²) in [5.74, 6) is 0.394. The Hall–Kier alpha value is -1.69. The third-order valence-corrected chi connectivity index (χ3v) is 2.06. The minimum atomic E-state index is 0.394. The number of hydrazone groups is 1. The summed E-state index contributed by atoms with van der Waals surface area (Å²) in [6, 6.07) is 0. The number of amidine groups is 1. The molecule has 1 aromatic heterocycles. The molecule has 1 fully saturated rings. The first kappa shape index (κ1) is 9.85. The van der Waals surface area contributed by atoms with Crippen molar-refractivity contribution in [2.45, 2.75) is 0 Å². The summed E-state index contributed by atoms with van der Waals surface area (Å²) in [5, 5.41) is 6.13. The Kier molecular flexibility index (Phi) is 3.08. The van der Waals surface area contributed by atoms with Crippen molar-refractivity contribution in [1.82, 2.24) is 15.0 Å². The van der Waals surface area contributed by atoms with Crippen LogP contribution in [0.5, 0.6) is 0 Å². The van der Waals surface area contributed by atoms with E-state index in [1.165, 1.54) is 0 Å². The third kappa shape index (κ3) is 2.63. The normalized spacial score (nSPS) is 17.9. The van der Waals surface area contributed by atoms with E-state index < -0.39 is 0 Å². The Morgan fingerprint density at radius 1 is 1.40 bits per heavy atom. The van der Waals surface area contributed by atoms with E-state index in [0.717, 1.165) is 13.1 Å². The number of morpholine rings is 1. The predicted molar refractivity (Wildman–Crippen MR) is 55.1 cm³/mol. The molecule has 0 aliphatic carbocycles. The summed E-state index contributed by atoms with van der Waals surface area (Å²) in [6.07, 6.45) is 4.79. The Morgan fingerprint density at radius 3 is 2.87 bits per heavy atom.